The van der Waals surface area contributed by atoms with Crippen LogP contribution in [0.3, 0.4) is 0 Å². The number of amides is 1. The Hall–Kier alpha value is -0.940. The average Bonchev–Trinajstić information content (AvgIpc) is 2.64. The van der Waals surface area contributed by atoms with Crippen LogP contribution < -0.4 is 0 Å². The standard InChI is InChI=1S/C24H45N3O2/c1-7-11-26-17-20(14-21-16-22(28)9-10-23(21)26)15-24(29)25(8-2)12-13-27(18(3)4)19(5)6/h18-21,23H,7-17H2,1-6H3/t20-,21-,23-/m1/s1. The molecule has 5 heteroatoms. The van der Waals surface area contributed by atoms with Gasteiger partial charge in [0.15, 0.2) is 0 Å². The second kappa shape index (κ2) is 11.5. The molecule has 1 aliphatic carbocycles. The first-order valence-electron chi connectivity index (χ1n) is 12.1. The largest absolute Gasteiger partial charge is 0.342 e. The third-order valence-electron chi connectivity index (χ3n) is 7.01. The SMILES string of the molecule is CCCN1C[C@@H](CC(=O)N(CC)CCN(C(C)C)C(C)C)C[C@@H]2CC(=O)CC[C@H]21. The topological polar surface area (TPSA) is 43.9 Å². The zero-order valence-corrected chi connectivity index (χ0v) is 19.8. The maximum Gasteiger partial charge on any atom is 0.222 e. The summed E-state index contributed by atoms with van der Waals surface area (Å²) in [6.45, 7) is 17.9. The van der Waals surface area contributed by atoms with Crippen LogP contribution in [0.1, 0.15) is 80.1 Å². The van der Waals surface area contributed by atoms with Crippen molar-refractivity contribution >= 4 is 11.7 Å². The summed E-state index contributed by atoms with van der Waals surface area (Å²) in [7, 11) is 0. The minimum Gasteiger partial charge on any atom is -0.342 e. The van der Waals surface area contributed by atoms with Crippen LogP contribution in [0.25, 0.3) is 0 Å². The van der Waals surface area contributed by atoms with Gasteiger partial charge in [-0.25, -0.2) is 0 Å². The van der Waals surface area contributed by atoms with Crippen molar-refractivity contribution in [3.8, 4) is 0 Å². The number of rotatable bonds is 10. The summed E-state index contributed by atoms with van der Waals surface area (Å²) in [4.78, 5) is 32.2. The first kappa shape index (κ1) is 24.3. The van der Waals surface area contributed by atoms with Crippen LogP contribution in [0.15, 0.2) is 0 Å². The highest BCUT2D eigenvalue weighted by Gasteiger charge is 2.40. The van der Waals surface area contributed by atoms with Crippen molar-refractivity contribution in [2.24, 2.45) is 11.8 Å². The summed E-state index contributed by atoms with van der Waals surface area (Å²) in [5.41, 5.74) is 0. The molecular weight excluding hydrogens is 362 g/mol. The first-order chi connectivity index (χ1) is 13.8. The summed E-state index contributed by atoms with van der Waals surface area (Å²) in [6, 6.07) is 1.54. The van der Waals surface area contributed by atoms with E-state index in [9.17, 15) is 9.59 Å². The van der Waals surface area contributed by atoms with Crippen molar-refractivity contribution in [1.29, 1.82) is 0 Å². The molecule has 0 N–H and O–H groups in total. The van der Waals surface area contributed by atoms with Crippen LogP contribution in [-0.2, 0) is 9.59 Å². The molecule has 168 valence electrons. The molecule has 5 nitrogen and oxygen atoms in total. The molecule has 0 aromatic rings. The Kier molecular flexibility index (Phi) is 9.61. The second-order valence-electron chi connectivity index (χ2n) is 9.81. The summed E-state index contributed by atoms with van der Waals surface area (Å²) >= 11 is 0. The Balaban J connectivity index is 1.95. The quantitative estimate of drug-likeness (QED) is 0.552. The number of likely N-dealkylation sites (tertiary alicyclic amines) is 1. The molecule has 3 atom stereocenters. The molecule has 2 aliphatic rings. The van der Waals surface area contributed by atoms with Gasteiger partial charge in [-0.1, -0.05) is 6.92 Å². The van der Waals surface area contributed by atoms with E-state index < -0.39 is 0 Å². The highest BCUT2D eigenvalue weighted by molar-refractivity contribution is 5.79. The van der Waals surface area contributed by atoms with E-state index in [2.05, 4.69) is 51.3 Å². The maximum atomic E-state index is 13.1. The molecule has 1 heterocycles. The van der Waals surface area contributed by atoms with Gasteiger partial charge in [-0.2, -0.15) is 0 Å². The summed E-state index contributed by atoms with van der Waals surface area (Å²) in [5, 5.41) is 0. The highest BCUT2D eigenvalue weighted by atomic mass is 16.2. The normalized spacial score (nSPS) is 25.7. The van der Waals surface area contributed by atoms with Gasteiger partial charge < -0.3 is 4.90 Å². The van der Waals surface area contributed by atoms with Gasteiger partial charge in [0.1, 0.15) is 5.78 Å². The smallest absolute Gasteiger partial charge is 0.222 e. The maximum absolute atomic E-state index is 13.1. The van der Waals surface area contributed by atoms with Crippen molar-refractivity contribution < 1.29 is 9.59 Å². The molecule has 2 fully saturated rings. The Labute approximate surface area is 179 Å². The lowest BCUT2D eigenvalue weighted by molar-refractivity contribution is -0.133. The zero-order chi connectivity index (χ0) is 21.6. The van der Waals surface area contributed by atoms with Gasteiger partial charge in [-0.05, 0) is 72.3 Å². The molecule has 0 radical (unpaired) electrons. The van der Waals surface area contributed by atoms with Crippen LogP contribution >= 0.6 is 0 Å². The predicted molar refractivity (Wildman–Crippen MR) is 120 cm³/mol. The number of Topliss-reactive ketones (excluding diaryl/α,β-unsaturated/α-hetero) is 1. The van der Waals surface area contributed by atoms with Gasteiger partial charge in [0.2, 0.25) is 5.91 Å². The minimum absolute atomic E-state index is 0.294. The summed E-state index contributed by atoms with van der Waals surface area (Å²) in [5.74, 6) is 1.57. The second-order valence-corrected chi connectivity index (χ2v) is 9.81. The first-order valence-corrected chi connectivity index (χ1v) is 12.1. The highest BCUT2D eigenvalue weighted by Crippen LogP contribution is 2.37. The minimum atomic E-state index is 0.294. The van der Waals surface area contributed by atoms with Gasteiger partial charge in [-0.3, -0.25) is 19.4 Å². The van der Waals surface area contributed by atoms with Crippen LogP contribution in [0.5, 0.6) is 0 Å². The van der Waals surface area contributed by atoms with E-state index in [1.165, 1.54) is 0 Å². The van der Waals surface area contributed by atoms with E-state index in [1.54, 1.807) is 0 Å². The fourth-order valence-corrected chi connectivity index (χ4v) is 5.64. The monoisotopic (exact) mass is 407 g/mol. The molecule has 1 saturated carbocycles. The van der Waals surface area contributed by atoms with E-state index >= 15 is 0 Å². The van der Waals surface area contributed by atoms with Crippen LogP contribution in [-0.4, -0.2) is 77.2 Å². The summed E-state index contributed by atoms with van der Waals surface area (Å²) < 4.78 is 0. The number of hydrogen-bond acceptors (Lipinski definition) is 4. The van der Waals surface area contributed by atoms with Gasteiger partial charge in [0.05, 0.1) is 0 Å². The molecule has 1 aliphatic heterocycles. The molecule has 2 rings (SSSR count). The molecule has 0 aromatic heterocycles. The van der Waals surface area contributed by atoms with Crippen molar-refractivity contribution in [3.63, 3.8) is 0 Å². The van der Waals surface area contributed by atoms with E-state index in [0.717, 1.165) is 64.8 Å². The molecule has 29 heavy (non-hydrogen) atoms. The van der Waals surface area contributed by atoms with Crippen LogP contribution in [0.4, 0.5) is 0 Å². The number of fused-ring (bicyclic) bond motifs is 1. The van der Waals surface area contributed by atoms with Gasteiger partial charge in [0.25, 0.3) is 0 Å². The Morgan fingerprint density at radius 1 is 1.14 bits per heavy atom. The lowest BCUT2D eigenvalue weighted by Gasteiger charge is -2.47. The Morgan fingerprint density at radius 2 is 1.83 bits per heavy atom. The van der Waals surface area contributed by atoms with E-state index in [-0.39, 0.29) is 0 Å². The van der Waals surface area contributed by atoms with E-state index in [0.29, 0.717) is 48.1 Å². The number of piperidine rings is 1. The number of carbonyl (C=O) groups is 2. The number of nitrogens with zero attached hydrogens (tertiary/aromatic N) is 3. The third-order valence-corrected chi connectivity index (χ3v) is 7.01. The Morgan fingerprint density at radius 3 is 2.41 bits per heavy atom. The van der Waals surface area contributed by atoms with Crippen LogP contribution in [0, 0.1) is 11.8 Å². The molecule has 1 amide bonds. The zero-order valence-electron chi connectivity index (χ0n) is 19.8. The van der Waals surface area contributed by atoms with Crippen molar-refractivity contribution in [3.05, 3.63) is 0 Å². The van der Waals surface area contributed by atoms with Gasteiger partial charge >= 0.3 is 0 Å². The predicted octanol–water partition coefficient (Wildman–Crippen LogP) is 3.81. The fourth-order valence-electron chi connectivity index (χ4n) is 5.64. The van der Waals surface area contributed by atoms with Crippen molar-refractivity contribution in [2.75, 3.05) is 32.7 Å². The lowest BCUT2D eigenvalue weighted by Crippen LogP contribution is -2.52. The van der Waals surface area contributed by atoms with Crippen molar-refractivity contribution in [2.45, 2.75) is 98.2 Å². The molecule has 0 bridgehead atoms. The molecule has 0 aromatic carbocycles. The lowest BCUT2D eigenvalue weighted by atomic mass is 9.73. The third kappa shape index (κ3) is 6.78. The number of likely N-dealkylation sites (N-methyl/N-ethyl adjacent to an activating group) is 1. The van der Waals surface area contributed by atoms with E-state index in [4.69, 9.17) is 0 Å². The molecular formula is C24H45N3O2. The Bertz CT molecular complexity index is 526. The molecule has 0 spiro atoms. The number of carbonyl (C=O) groups excluding carboxylic acids is 2. The van der Waals surface area contributed by atoms with E-state index in [1.807, 2.05) is 4.90 Å². The molecule has 0 unspecified atom stereocenters. The van der Waals surface area contributed by atoms with Crippen molar-refractivity contribution in [1.82, 2.24) is 14.7 Å². The van der Waals surface area contributed by atoms with Gasteiger partial charge in [-0.15, -0.1) is 0 Å². The number of ketones is 1. The average molecular weight is 408 g/mol. The molecule has 1 saturated heterocycles. The van der Waals surface area contributed by atoms with Crippen LogP contribution in [0.2, 0.25) is 0 Å². The fraction of sp³-hybridized carbons (Fsp3) is 0.917. The van der Waals surface area contributed by atoms with Gasteiger partial charge in [0, 0.05) is 63.6 Å². The number of hydrogen-bond donors (Lipinski definition) is 0. The summed E-state index contributed by atoms with van der Waals surface area (Å²) in [6.07, 6.45) is 5.31.